The van der Waals surface area contributed by atoms with Crippen LogP contribution in [0.1, 0.15) is 54.4 Å². The summed E-state index contributed by atoms with van der Waals surface area (Å²) in [5.41, 5.74) is -2.41. The van der Waals surface area contributed by atoms with Gasteiger partial charge in [0.25, 0.3) is 8.32 Å². The Kier molecular flexibility index (Phi) is 9.35. The lowest BCUT2D eigenvalue weighted by Crippen LogP contribution is -2.67. The molecule has 0 spiro atoms. The van der Waals surface area contributed by atoms with Crippen molar-refractivity contribution in [3.05, 3.63) is 60.7 Å². The quantitative estimate of drug-likeness (QED) is 0.259. The van der Waals surface area contributed by atoms with E-state index in [1.807, 2.05) is 36.4 Å². The van der Waals surface area contributed by atoms with E-state index < -0.39 is 37.6 Å². The van der Waals surface area contributed by atoms with Crippen LogP contribution in [-0.4, -0.2) is 67.8 Å². The molecule has 1 aliphatic heterocycles. The molecule has 0 aliphatic carbocycles. The number of ether oxygens (including phenoxy) is 2. The van der Waals surface area contributed by atoms with Crippen molar-refractivity contribution in [1.29, 1.82) is 0 Å². The third-order valence-corrected chi connectivity index (χ3v) is 12.4. The Balaban J connectivity index is 2.18. The van der Waals surface area contributed by atoms with Crippen molar-refractivity contribution < 1.29 is 28.3 Å². The number of alkyl halides is 1. The van der Waals surface area contributed by atoms with E-state index in [4.69, 9.17) is 25.5 Å². The van der Waals surface area contributed by atoms with Gasteiger partial charge in [-0.2, -0.15) is 0 Å². The van der Waals surface area contributed by atoms with Gasteiger partial charge >= 0.3 is 12.1 Å². The number of Topliss-reactive ketones (excluding diaryl/α,β-unsaturated/α-hetero) is 1. The lowest BCUT2D eigenvalue weighted by molar-refractivity contribution is -0.155. The summed E-state index contributed by atoms with van der Waals surface area (Å²) in [6, 6.07) is 20.2. The first-order chi connectivity index (χ1) is 18.2. The maximum absolute atomic E-state index is 13.5. The Morgan fingerprint density at radius 1 is 0.949 bits per heavy atom. The largest absolute Gasteiger partial charge is 0.467 e. The molecule has 0 bridgehead atoms. The van der Waals surface area contributed by atoms with Crippen molar-refractivity contribution >= 4 is 48.1 Å². The Hall–Kier alpha value is -2.68. The first-order valence-electron chi connectivity index (χ1n) is 13.2. The number of carbonyl (C=O) groups excluding carboxylic acids is 3. The Morgan fingerprint density at radius 3 is 1.87 bits per heavy atom. The molecule has 7 nitrogen and oxygen atoms in total. The van der Waals surface area contributed by atoms with Crippen LogP contribution < -0.4 is 10.4 Å². The number of hydrogen-bond acceptors (Lipinski definition) is 6. The van der Waals surface area contributed by atoms with Gasteiger partial charge in [-0.25, -0.2) is 9.59 Å². The molecule has 1 heterocycles. The molecular formula is C30H40ClNO6Si. The number of esters is 1. The molecule has 3 rings (SSSR count). The number of benzene rings is 2. The molecule has 1 fully saturated rings. The van der Waals surface area contributed by atoms with Crippen LogP contribution in [0, 0.1) is 0 Å². The number of carbonyl (C=O) groups is 3. The van der Waals surface area contributed by atoms with Gasteiger partial charge in [-0.3, -0.25) is 9.69 Å². The summed E-state index contributed by atoms with van der Waals surface area (Å²) in [6.07, 6.45) is -1.50. The van der Waals surface area contributed by atoms with Gasteiger partial charge in [0.15, 0.2) is 11.3 Å². The van der Waals surface area contributed by atoms with Crippen molar-refractivity contribution in [2.75, 3.05) is 19.5 Å². The zero-order chi connectivity index (χ0) is 29.1. The summed E-state index contributed by atoms with van der Waals surface area (Å²) in [5, 5.41) is 1.81. The lowest BCUT2D eigenvalue weighted by Gasteiger charge is -2.44. The van der Waals surface area contributed by atoms with Crippen LogP contribution in [-0.2, 0) is 23.5 Å². The topological polar surface area (TPSA) is 82.1 Å². The highest BCUT2D eigenvalue weighted by molar-refractivity contribution is 6.99. The summed E-state index contributed by atoms with van der Waals surface area (Å²) < 4.78 is 18.1. The molecule has 0 unspecified atom stereocenters. The highest BCUT2D eigenvalue weighted by Crippen LogP contribution is 2.42. The van der Waals surface area contributed by atoms with Crippen LogP contribution in [0.3, 0.4) is 0 Å². The number of halogens is 1. The molecule has 212 valence electrons. The van der Waals surface area contributed by atoms with Gasteiger partial charge < -0.3 is 13.9 Å². The monoisotopic (exact) mass is 573 g/mol. The third-order valence-electron chi connectivity index (χ3n) is 7.05. The second-order valence-electron chi connectivity index (χ2n) is 12.1. The number of amides is 1. The second-order valence-corrected chi connectivity index (χ2v) is 16.6. The Labute approximate surface area is 237 Å². The van der Waals surface area contributed by atoms with E-state index in [-0.39, 0.29) is 36.1 Å². The molecule has 1 amide bonds. The van der Waals surface area contributed by atoms with Gasteiger partial charge in [-0.1, -0.05) is 81.4 Å². The predicted octanol–water partition coefficient (Wildman–Crippen LogP) is 4.68. The highest BCUT2D eigenvalue weighted by atomic mass is 35.5. The van der Waals surface area contributed by atoms with E-state index in [9.17, 15) is 14.4 Å². The molecule has 39 heavy (non-hydrogen) atoms. The average molecular weight is 574 g/mol. The molecular weight excluding hydrogens is 534 g/mol. The van der Waals surface area contributed by atoms with E-state index in [2.05, 4.69) is 45.0 Å². The van der Waals surface area contributed by atoms with Gasteiger partial charge in [0.05, 0.1) is 25.6 Å². The van der Waals surface area contributed by atoms with Gasteiger partial charge in [0, 0.05) is 12.8 Å². The summed E-state index contributed by atoms with van der Waals surface area (Å²) in [4.78, 5) is 40.9. The third kappa shape index (κ3) is 6.39. The van der Waals surface area contributed by atoms with Gasteiger partial charge in [-0.15, -0.1) is 11.6 Å². The molecule has 1 saturated heterocycles. The summed E-state index contributed by atoms with van der Waals surface area (Å²) in [7, 11) is -1.77. The van der Waals surface area contributed by atoms with Crippen molar-refractivity contribution in [2.24, 2.45) is 0 Å². The molecule has 1 aliphatic rings. The van der Waals surface area contributed by atoms with Crippen molar-refractivity contribution in [2.45, 2.75) is 76.7 Å². The van der Waals surface area contributed by atoms with Gasteiger partial charge in [0.2, 0.25) is 0 Å². The average Bonchev–Trinajstić information content (AvgIpc) is 3.24. The fourth-order valence-corrected chi connectivity index (χ4v) is 10.3. The van der Waals surface area contributed by atoms with Crippen LogP contribution in [0.15, 0.2) is 60.7 Å². The van der Waals surface area contributed by atoms with E-state index in [0.717, 1.165) is 10.4 Å². The molecule has 0 aromatic heterocycles. The molecule has 2 aromatic rings. The highest BCUT2D eigenvalue weighted by Gasteiger charge is 2.60. The standard InChI is InChI=1S/C30H40ClNO6Si/c1-28(2,3)37-27(35)32-21-23(19-30(32,26(34)36-7)18-22(33)20-31)38-39(29(4,5)6,24-14-10-8-11-15-24)25-16-12-9-13-17-25/h8-17,23H,18-21H2,1-7H3/t23-,30+/m0/s1. The van der Waals surface area contributed by atoms with Crippen LogP contribution in [0.25, 0.3) is 0 Å². The number of methoxy groups -OCH3 is 1. The zero-order valence-corrected chi connectivity index (χ0v) is 25.7. The summed E-state index contributed by atoms with van der Waals surface area (Å²) in [6.45, 7) is 11.8. The second kappa shape index (κ2) is 11.8. The number of rotatable bonds is 8. The van der Waals surface area contributed by atoms with Gasteiger partial charge in [0.1, 0.15) is 5.60 Å². The first-order valence-corrected chi connectivity index (χ1v) is 15.6. The summed E-state index contributed by atoms with van der Waals surface area (Å²) in [5.74, 6) is -1.36. The minimum atomic E-state index is -3.02. The minimum absolute atomic E-state index is 0.0596. The molecule has 0 N–H and O–H groups in total. The maximum atomic E-state index is 13.5. The van der Waals surface area contributed by atoms with Crippen LogP contribution in [0.5, 0.6) is 0 Å². The molecule has 2 aromatic carbocycles. The smallest absolute Gasteiger partial charge is 0.411 e. The fourth-order valence-electron chi connectivity index (χ4n) is 5.51. The van der Waals surface area contributed by atoms with Crippen molar-refractivity contribution in [1.82, 2.24) is 4.90 Å². The number of likely N-dealkylation sites (tertiary alicyclic amines) is 1. The van der Waals surface area contributed by atoms with Crippen LogP contribution in [0.2, 0.25) is 5.04 Å². The van der Waals surface area contributed by atoms with Crippen LogP contribution >= 0.6 is 11.6 Å². The SMILES string of the molecule is COC(=O)[C@@]1(CC(=O)CCl)C[C@H](O[Si](c2ccccc2)(c2ccccc2)C(C)(C)C)CN1C(=O)OC(C)(C)C. The predicted molar refractivity (Wildman–Crippen MR) is 155 cm³/mol. The van der Waals surface area contributed by atoms with Gasteiger partial charge in [-0.05, 0) is 36.2 Å². The van der Waals surface area contributed by atoms with E-state index in [1.54, 1.807) is 20.8 Å². The van der Waals surface area contributed by atoms with E-state index in [1.165, 1.54) is 12.0 Å². The normalized spacial score (nSPS) is 20.0. The summed E-state index contributed by atoms with van der Waals surface area (Å²) >= 11 is 5.88. The zero-order valence-electron chi connectivity index (χ0n) is 24.0. The van der Waals surface area contributed by atoms with E-state index >= 15 is 0 Å². The number of nitrogens with zero attached hydrogens (tertiary/aromatic N) is 1. The molecule has 9 heteroatoms. The molecule has 0 radical (unpaired) electrons. The first kappa shape index (κ1) is 30.9. The van der Waals surface area contributed by atoms with Crippen LogP contribution in [0.4, 0.5) is 4.79 Å². The van der Waals surface area contributed by atoms with Crippen molar-refractivity contribution in [3.8, 4) is 0 Å². The van der Waals surface area contributed by atoms with E-state index in [0.29, 0.717) is 0 Å². The molecule has 0 saturated carbocycles. The molecule has 2 atom stereocenters. The fraction of sp³-hybridized carbons (Fsp3) is 0.500. The Morgan fingerprint density at radius 2 is 1.46 bits per heavy atom. The maximum Gasteiger partial charge on any atom is 0.411 e. The number of hydrogen-bond donors (Lipinski definition) is 0. The lowest BCUT2D eigenvalue weighted by atomic mass is 9.89. The number of ketones is 1. The Bertz CT molecular complexity index is 1120. The minimum Gasteiger partial charge on any atom is -0.467 e. The van der Waals surface area contributed by atoms with Crippen molar-refractivity contribution in [3.63, 3.8) is 0 Å².